The summed E-state index contributed by atoms with van der Waals surface area (Å²) in [5.41, 5.74) is 9.70. The number of hydrogen-bond acceptors (Lipinski definition) is 3. The van der Waals surface area contributed by atoms with Crippen LogP contribution in [0.3, 0.4) is 0 Å². The van der Waals surface area contributed by atoms with Gasteiger partial charge in [-0.25, -0.2) is 0 Å². The van der Waals surface area contributed by atoms with Crippen molar-refractivity contribution in [1.29, 1.82) is 0 Å². The van der Waals surface area contributed by atoms with Crippen LogP contribution < -0.4 is 10.5 Å². The number of benzene rings is 1. The summed E-state index contributed by atoms with van der Waals surface area (Å²) in [6.07, 6.45) is 0.886. The molecule has 4 nitrogen and oxygen atoms in total. The minimum Gasteiger partial charge on any atom is -0.495 e. The number of fused-ring (bicyclic) bond motifs is 3. The van der Waals surface area contributed by atoms with Gasteiger partial charge in [0.2, 0.25) is 0 Å². The first-order chi connectivity index (χ1) is 9.65. The number of halogens is 1. The first-order valence-electron chi connectivity index (χ1n) is 6.91. The topological polar surface area (TPSA) is 43.4 Å². The van der Waals surface area contributed by atoms with E-state index in [0.29, 0.717) is 11.6 Å². The smallest absolute Gasteiger partial charge is 0.138 e. The maximum atomic E-state index is 6.29. The number of methoxy groups -OCH3 is 1. The summed E-state index contributed by atoms with van der Waals surface area (Å²) in [6, 6.07) is 4.07. The third-order valence-electron chi connectivity index (χ3n) is 4.08. The Morgan fingerprint density at radius 1 is 1.35 bits per heavy atom. The van der Waals surface area contributed by atoms with Crippen LogP contribution in [-0.2, 0) is 19.5 Å². The quantitative estimate of drug-likeness (QED) is 0.944. The summed E-state index contributed by atoms with van der Waals surface area (Å²) in [5, 5.41) is 1.89. The van der Waals surface area contributed by atoms with E-state index in [1.54, 1.807) is 7.11 Å². The van der Waals surface area contributed by atoms with Crippen molar-refractivity contribution in [3.05, 3.63) is 28.4 Å². The second kappa shape index (κ2) is 5.28. The van der Waals surface area contributed by atoms with Crippen molar-refractivity contribution in [3.8, 4) is 5.75 Å². The molecule has 0 amide bonds. The molecule has 1 aromatic carbocycles. The molecule has 0 atom stereocenters. The van der Waals surface area contributed by atoms with Crippen LogP contribution in [0.5, 0.6) is 5.75 Å². The summed E-state index contributed by atoms with van der Waals surface area (Å²) >= 11 is 6.29. The van der Waals surface area contributed by atoms with Gasteiger partial charge in [0.15, 0.2) is 0 Å². The summed E-state index contributed by atoms with van der Waals surface area (Å²) in [4.78, 5) is 2.34. The summed E-state index contributed by atoms with van der Waals surface area (Å²) < 4.78 is 7.74. The van der Waals surface area contributed by atoms with Crippen molar-refractivity contribution in [2.24, 2.45) is 5.73 Å². The van der Waals surface area contributed by atoms with Crippen LogP contribution in [0.2, 0.25) is 5.02 Å². The number of nitrogens with zero attached hydrogens (tertiary/aromatic N) is 2. The Balaban J connectivity index is 2.28. The van der Waals surface area contributed by atoms with Gasteiger partial charge in [-0.1, -0.05) is 11.6 Å². The molecule has 1 aliphatic rings. The predicted octanol–water partition coefficient (Wildman–Crippen LogP) is 2.25. The van der Waals surface area contributed by atoms with Crippen molar-refractivity contribution in [1.82, 2.24) is 9.47 Å². The number of likely N-dealkylation sites (N-methyl/N-ethyl adjacent to an activating group) is 1. The van der Waals surface area contributed by atoms with E-state index in [-0.39, 0.29) is 0 Å². The average Bonchev–Trinajstić information content (AvgIpc) is 2.71. The lowest BCUT2D eigenvalue weighted by Gasteiger charge is -2.26. The SMILES string of the molecule is COc1cc2c(CCN)c3n(c2cc1Cl)CCN(C)C3. The Labute approximate surface area is 124 Å². The minimum atomic E-state index is 0.654. The molecule has 108 valence electrons. The fourth-order valence-corrected chi connectivity index (χ4v) is 3.33. The number of rotatable bonds is 3. The normalized spacial score (nSPS) is 15.6. The Hall–Kier alpha value is -1.23. The van der Waals surface area contributed by atoms with Gasteiger partial charge in [0.25, 0.3) is 0 Å². The number of ether oxygens (including phenoxy) is 1. The van der Waals surface area contributed by atoms with Gasteiger partial charge in [-0.2, -0.15) is 0 Å². The van der Waals surface area contributed by atoms with E-state index in [1.807, 2.05) is 12.1 Å². The van der Waals surface area contributed by atoms with Crippen LogP contribution in [0.1, 0.15) is 11.3 Å². The van der Waals surface area contributed by atoms with Gasteiger partial charge in [-0.05, 0) is 37.7 Å². The van der Waals surface area contributed by atoms with E-state index in [9.17, 15) is 0 Å². The highest BCUT2D eigenvalue weighted by Crippen LogP contribution is 2.36. The molecule has 20 heavy (non-hydrogen) atoms. The molecule has 1 aliphatic heterocycles. The monoisotopic (exact) mass is 293 g/mol. The Bertz CT molecular complexity index is 650. The van der Waals surface area contributed by atoms with E-state index < -0.39 is 0 Å². The van der Waals surface area contributed by atoms with E-state index in [0.717, 1.165) is 31.8 Å². The van der Waals surface area contributed by atoms with Gasteiger partial charge in [0.05, 0.1) is 17.6 Å². The molecule has 5 heteroatoms. The molecule has 1 aromatic heterocycles. The van der Waals surface area contributed by atoms with E-state index >= 15 is 0 Å². The Kier molecular flexibility index (Phi) is 3.63. The molecule has 0 unspecified atom stereocenters. The van der Waals surface area contributed by atoms with Gasteiger partial charge < -0.3 is 15.0 Å². The fraction of sp³-hybridized carbons (Fsp3) is 0.467. The molecule has 2 N–H and O–H groups in total. The van der Waals surface area contributed by atoms with Crippen LogP contribution >= 0.6 is 11.6 Å². The van der Waals surface area contributed by atoms with Crippen LogP contribution in [0.15, 0.2) is 12.1 Å². The third-order valence-corrected chi connectivity index (χ3v) is 4.37. The first-order valence-corrected chi connectivity index (χ1v) is 7.29. The maximum Gasteiger partial charge on any atom is 0.138 e. The molecular formula is C15H20ClN3O. The third kappa shape index (κ3) is 2.08. The van der Waals surface area contributed by atoms with E-state index in [1.165, 1.54) is 22.2 Å². The van der Waals surface area contributed by atoms with Gasteiger partial charge >= 0.3 is 0 Å². The molecule has 0 aliphatic carbocycles. The van der Waals surface area contributed by atoms with Gasteiger partial charge in [0, 0.05) is 30.7 Å². The lowest BCUT2D eigenvalue weighted by molar-refractivity contribution is 0.271. The van der Waals surface area contributed by atoms with Crippen molar-refractivity contribution in [2.75, 3.05) is 27.2 Å². The molecule has 0 spiro atoms. The highest BCUT2D eigenvalue weighted by Gasteiger charge is 2.22. The predicted molar refractivity (Wildman–Crippen MR) is 82.6 cm³/mol. The molecule has 3 rings (SSSR count). The van der Waals surface area contributed by atoms with Gasteiger partial charge in [-0.3, -0.25) is 4.90 Å². The molecule has 0 radical (unpaired) electrons. The average molecular weight is 294 g/mol. The summed E-state index contributed by atoms with van der Waals surface area (Å²) in [7, 11) is 3.81. The summed E-state index contributed by atoms with van der Waals surface area (Å²) in [5.74, 6) is 0.730. The van der Waals surface area contributed by atoms with Gasteiger partial charge in [-0.15, -0.1) is 0 Å². The zero-order valence-electron chi connectivity index (χ0n) is 11.9. The molecule has 0 saturated heterocycles. The zero-order valence-corrected chi connectivity index (χ0v) is 12.7. The Morgan fingerprint density at radius 2 is 2.15 bits per heavy atom. The second-order valence-corrected chi connectivity index (χ2v) is 5.76. The standard InChI is InChI=1S/C15H20ClN3O/c1-18-5-6-19-13-8-12(16)15(20-2)7-11(13)10(3-4-17)14(19)9-18/h7-8H,3-6,9,17H2,1-2H3. The van der Waals surface area contributed by atoms with Crippen molar-refractivity contribution >= 4 is 22.5 Å². The van der Waals surface area contributed by atoms with Crippen LogP contribution in [0.25, 0.3) is 10.9 Å². The molecule has 0 saturated carbocycles. The highest BCUT2D eigenvalue weighted by atomic mass is 35.5. The van der Waals surface area contributed by atoms with E-state index in [2.05, 4.69) is 16.5 Å². The van der Waals surface area contributed by atoms with Gasteiger partial charge in [0.1, 0.15) is 5.75 Å². The largest absolute Gasteiger partial charge is 0.495 e. The lowest BCUT2D eigenvalue weighted by Crippen LogP contribution is -2.30. The lowest BCUT2D eigenvalue weighted by atomic mass is 10.1. The minimum absolute atomic E-state index is 0.654. The maximum absolute atomic E-state index is 6.29. The summed E-state index contributed by atoms with van der Waals surface area (Å²) in [6.45, 7) is 3.67. The van der Waals surface area contributed by atoms with Crippen LogP contribution in [-0.4, -0.2) is 36.7 Å². The zero-order chi connectivity index (χ0) is 14.3. The fourth-order valence-electron chi connectivity index (χ4n) is 3.09. The Morgan fingerprint density at radius 3 is 2.85 bits per heavy atom. The highest BCUT2D eigenvalue weighted by molar-refractivity contribution is 6.32. The van der Waals surface area contributed by atoms with Crippen molar-refractivity contribution < 1.29 is 4.74 Å². The van der Waals surface area contributed by atoms with Crippen LogP contribution in [0.4, 0.5) is 0 Å². The van der Waals surface area contributed by atoms with E-state index in [4.69, 9.17) is 22.1 Å². The van der Waals surface area contributed by atoms with Crippen molar-refractivity contribution in [2.45, 2.75) is 19.5 Å². The molecule has 2 heterocycles. The molecule has 0 fully saturated rings. The van der Waals surface area contributed by atoms with Crippen molar-refractivity contribution in [3.63, 3.8) is 0 Å². The number of aromatic nitrogens is 1. The van der Waals surface area contributed by atoms with Crippen LogP contribution in [0, 0.1) is 0 Å². The molecule has 2 aromatic rings. The molecular weight excluding hydrogens is 274 g/mol. The first kappa shape index (κ1) is 13.7. The second-order valence-electron chi connectivity index (χ2n) is 5.36. The number of hydrogen-bond donors (Lipinski definition) is 1. The molecule has 0 bridgehead atoms. The number of nitrogens with two attached hydrogens (primary N) is 1.